The van der Waals surface area contributed by atoms with E-state index in [0.29, 0.717) is 5.56 Å². The van der Waals surface area contributed by atoms with Crippen molar-refractivity contribution in [3.05, 3.63) is 88.4 Å². The number of rotatable bonds is 6. The van der Waals surface area contributed by atoms with E-state index in [1.54, 1.807) is 6.20 Å². The van der Waals surface area contributed by atoms with Gasteiger partial charge in [-0.05, 0) is 74.7 Å². The smallest absolute Gasteiger partial charge is 0.103 e. The van der Waals surface area contributed by atoms with Crippen LogP contribution in [0, 0.1) is 25.2 Å². The fourth-order valence-corrected chi connectivity index (χ4v) is 4.71. The van der Waals surface area contributed by atoms with Gasteiger partial charge in [-0.25, -0.2) is 0 Å². The Bertz CT molecular complexity index is 1380. The number of hydrogen-bond acceptors (Lipinski definition) is 4. The van der Waals surface area contributed by atoms with Gasteiger partial charge in [-0.15, -0.1) is 0 Å². The fraction of sp³-hybridized carbons (Fsp3) is 0.241. The van der Waals surface area contributed by atoms with Gasteiger partial charge in [0.2, 0.25) is 0 Å². The number of aromatic nitrogens is 2. The molecular weight excluding hydrogens is 418 g/mol. The lowest BCUT2D eigenvalue weighted by atomic mass is 10.0. The average molecular weight is 448 g/mol. The molecule has 0 atom stereocenters. The predicted molar refractivity (Wildman–Crippen MR) is 140 cm³/mol. The minimum atomic E-state index is 0.528. The Labute approximate surface area is 200 Å². The normalized spacial score (nSPS) is 14.1. The third-order valence-corrected chi connectivity index (χ3v) is 6.73. The number of H-pyrrole nitrogens is 1. The maximum atomic E-state index is 9.79. The lowest BCUT2D eigenvalue weighted by Crippen LogP contribution is -2.18. The van der Waals surface area contributed by atoms with Crippen molar-refractivity contribution < 1.29 is 0 Å². The number of hydrogen-bond donors (Lipinski definition) is 2. The molecule has 2 N–H and O–H groups in total. The van der Waals surface area contributed by atoms with Gasteiger partial charge in [0, 0.05) is 46.8 Å². The highest BCUT2D eigenvalue weighted by atomic mass is 15.1. The van der Waals surface area contributed by atoms with E-state index in [-0.39, 0.29) is 0 Å². The minimum Gasteiger partial charge on any atom is -0.361 e. The molecule has 5 rings (SSSR count). The first-order chi connectivity index (χ1) is 16.6. The van der Waals surface area contributed by atoms with Crippen LogP contribution in [0.15, 0.2) is 54.9 Å². The van der Waals surface area contributed by atoms with Crippen LogP contribution in [-0.2, 0) is 6.54 Å². The molecule has 0 spiro atoms. The molecule has 5 nitrogen and oxygen atoms in total. The Morgan fingerprint density at radius 2 is 1.85 bits per heavy atom. The quantitative estimate of drug-likeness (QED) is 0.351. The van der Waals surface area contributed by atoms with Crippen molar-refractivity contribution in [2.75, 3.05) is 18.4 Å². The van der Waals surface area contributed by atoms with Crippen molar-refractivity contribution in [1.29, 1.82) is 5.26 Å². The molecule has 2 aromatic heterocycles. The van der Waals surface area contributed by atoms with Crippen molar-refractivity contribution in [2.45, 2.75) is 33.2 Å². The Hall–Kier alpha value is -3.88. The third-order valence-electron chi connectivity index (χ3n) is 6.73. The number of anilines is 2. The summed E-state index contributed by atoms with van der Waals surface area (Å²) < 4.78 is 0. The van der Waals surface area contributed by atoms with Gasteiger partial charge in [0.05, 0.1) is 11.3 Å². The molecule has 1 saturated heterocycles. The van der Waals surface area contributed by atoms with Crippen LogP contribution in [0.1, 0.15) is 46.4 Å². The molecule has 0 unspecified atom stereocenters. The highest BCUT2D eigenvalue weighted by Gasteiger charge is 2.14. The first kappa shape index (κ1) is 21.9. The van der Waals surface area contributed by atoms with Crippen molar-refractivity contribution in [3.8, 4) is 6.07 Å². The van der Waals surface area contributed by atoms with Gasteiger partial charge in [-0.1, -0.05) is 36.4 Å². The zero-order valence-electron chi connectivity index (χ0n) is 19.7. The van der Waals surface area contributed by atoms with E-state index >= 15 is 0 Å². The van der Waals surface area contributed by atoms with E-state index in [1.807, 2.05) is 13.1 Å². The molecule has 5 heteroatoms. The highest BCUT2D eigenvalue weighted by molar-refractivity contribution is 5.90. The minimum absolute atomic E-state index is 0.528. The van der Waals surface area contributed by atoms with Gasteiger partial charge < -0.3 is 10.3 Å². The second kappa shape index (κ2) is 9.54. The summed E-state index contributed by atoms with van der Waals surface area (Å²) in [5.74, 6) is 0. The molecule has 0 aliphatic carbocycles. The lowest BCUT2D eigenvalue weighted by molar-refractivity contribution is 0.331. The standard InChI is InChI=1S/C29H29N5/c1-20-25-13-14-31-28(25)12-11-27(20)33-29-24(17-30)18-32-21(2)26(29)10-9-22-5-7-23(8-6-22)19-34-15-3-4-16-34/h5-14,18,31H,3-4,15-16,19H2,1-2H3,(H,32,33). The molecule has 170 valence electrons. The first-order valence-corrected chi connectivity index (χ1v) is 11.8. The highest BCUT2D eigenvalue weighted by Crippen LogP contribution is 2.32. The van der Waals surface area contributed by atoms with Gasteiger partial charge in [-0.2, -0.15) is 5.26 Å². The summed E-state index contributed by atoms with van der Waals surface area (Å²) in [6.45, 7) is 7.51. The Balaban J connectivity index is 1.43. The van der Waals surface area contributed by atoms with Crippen LogP contribution in [0.25, 0.3) is 23.1 Å². The van der Waals surface area contributed by atoms with Crippen LogP contribution in [0.2, 0.25) is 0 Å². The van der Waals surface area contributed by atoms with Crippen molar-refractivity contribution in [2.24, 2.45) is 0 Å². The van der Waals surface area contributed by atoms with E-state index in [4.69, 9.17) is 0 Å². The molecule has 2 aromatic carbocycles. The Morgan fingerprint density at radius 3 is 2.62 bits per heavy atom. The molecule has 1 fully saturated rings. The van der Waals surface area contributed by atoms with Crippen LogP contribution in [-0.4, -0.2) is 28.0 Å². The number of fused-ring (bicyclic) bond motifs is 1. The molecule has 1 aliphatic rings. The Morgan fingerprint density at radius 1 is 1.06 bits per heavy atom. The van der Waals surface area contributed by atoms with Crippen molar-refractivity contribution in [3.63, 3.8) is 0 Å². The number of benzene rings is 2. The van der Waals surface area contributed by atoms with Gasteiger partial charge in [-0.3, -0.25) is 9.88 Å². The number of pyridine rings is 1. The number of aryl methyl sites for hydroxylation is 2. The number of nitrogens with zero attached hydrogens (tertiary/aromatic N) is 3. The van der Waals surface area contributed by atoms with E-state index in [0.717, 1.165) is 45.8 Å². The summed E-state index contributed by atoms with van der Waals surface area (Å²) in [5.41, 5.74) is 8.81. The molecule has 1 aliphatic heterocycles. The molecule has 0 radical (unpaired) electrons. The van der Waals surface area contributed by atoms with E-state index in [2.05, 4.69) is 87.8 Å². The molecule has 0 amide bonds. The van der Waals surface area contributed by atoms with Crippen LogP contribution < -0.4 is 5.32 Å². The zero-order chi connectivity index (χ0) is 23.5. The van der Waals surface area contributed by atoms with Crippen LogP contribution in [0.5, 0.6) is 0 Å². The van der Waals surface area contributed by atoms with E-state index in [1.165, 1.54) is 36.9 Å². The molecule has 0 saturated carbocycles. The van der Waals surface area contributed by atoms with E-state index in [9.17, 15) is 5.26 Å². The SMILES string of the molecule is Cc1ncc(C#N)c(Nc2ccc3[nH]ccc3c2C)c1C=Cc1ccc(CN2CCCC2)cc1. The summed E-state index contributed by atoms with van der Waals surface area (Å²) in [6, 6.07) is 17.2. The van der Waals surface area contributed by atoms with Gasteiger partial charge in [0.25, 0.3) is 0 Å². The van der Waals surface area contributed by atoms with Gasteiger partial charge in [0.15, 0.2) is 0 Å². The van der Waals surface area contributed by atoms with Gasteiger partial charge >= 0.3 is 0 Å². The fourth-order valence-electron chi connectivity index (χ4n) is 4.71. The van der Waals surface area contributed by atoms with Crippen molar-refractivity contribution in [1.82, 2.24) is 14.9 Å². The van der Waals surface area contributed by atoms with Crippen LogP contribution in [0.4, 0.5) is 11.4 Å². The zero-order valence-corrected chi connectivity index (χ0v) is 19.7. The van der Waals surface area contributed by atoms with Crippen LogP contribution >= 0.6 is 0 Å². The number of likely N-dealkylation sites (tertiary alicyclic amines) is 1. The van der Waals surface area contributed by atoms with Crippen LogP contribution in [0.3, 0.4) is 0 Å². The maximum absolute atomic E-state index is 9.79. The molecular formula is C29H29N5. The summed E-state index contributed by atoms with van der Waals surface area (Å²) in [7, 11) is 0. The lowest BCUT2D eigenvalue weighted by Gasteiger charge is -2.16. The third kappa shape index (κ3) is 4.46. The second-order valence-corrected chi connectivity index (χ2v) is 9.02. The Kier molecular flexibility index (Phi) is 6.16. The maximum Gasteiger partial charge on any atom is 0.103 e. The van der Waals surface area contributed by atoms with Gasteiger partial charge in [0.1, 0.15) is 6.07 Å². The van der Waals surface area contributed by atoms with E-state index < -0.39 is 0 Å². The molecule has 0 bridgehead atoms. The summed E-state index contributed by atoms with van der Waals surface area (Å²) in [6.07, 6.45) is 10.4. The topological polar surface area (TPSA) is 67.7 Å². The molecule has 34 heavy (non-hydrogen) atoms. The summed E-state index contributed by atoms with van der Waals surface area (Å²) >= 11 is 0. The largest absolute Gasteiger partial charge is 0.361 e. The summed E-state index contributed by atoms with van der Waals surface area (Å²) in [5, 5.41) is 14.5. The predicted octanol–water partition coefficient (Wildman–Crippen LogP) is 6.56. The van der Waals surface area contributed by atoms with Crippen molar-refractivity contribution >= 4 is 34.4 Å². The average Bonchev–Trinajstić information content (AvgIpc) is 3.54. The molecule has 3 heterocycles. The second-order valence-electron chi connectivity index (χ2n) is 9.02. The first-order valence-electron chi connectivity index (χ1n) is 11.8. The molecule has 4 aromatic rings. The number of nitrogens with one attached hydrogen (secondary N) is 2. The summed E-state index contributed by atoms with van der Waals surface area (Å²) in [4.78, 5) is 10.2. The monoisotopic (exact) mass is 447 g/mol. The number of aromatic amines is 1. The number of nitriles is 1.